The van der Waals surface area contributed by atoms with Crippen molar-refractivity contribution in [2.45, 2.75) is 30.8 Å². The van der Waals surface area contributed by atoms with Crippen molar-refractivity contribution in [2.75, 3.05) is 11.3 Å². The minimum Gasteiger partial charge on any atom is -0.274 e. The monoisotopic (exact) mass is 545 g/mol. The van der Waals surface area contributed by atoms with Gasteiger partial charge in [-0.3, -0.25) is 24.2 Å². The molecule has 0 aliphatic carbocycles. The molecule has 0 radical (unpaired) electrons. The fourth-order valence-electron chi connectivity index (χ4n) is 4.37. The van der Waals surface area contributed by atoms with Gasteiger partial charge in [0.05, 0.1) is 21.9 Å². The van der Waals surface area contributed by atoms with E-state index in [0.717, 1.165) is 35.3 Å². The van der Waals surface area contributed by atoms with Gasteiger partial charge in [-0.25, -0.2) is 8.42 Å². The van der Waals surface area contributed by atoms with Crippen LogP contribution in [0.25, 0.3) is 10.9 Å². The Hall–Kier alpha value is -4.19. The summed E-state index contributed by atoms with van der Waals surface area (Å²) < 4.78 is 71.1. The first-order valence-corrected chi connectivity index (χ1v) is 12.8. The van der Waals surface area contributed by atoms with Crippen LogP contribution in [0.4, 0.5) is 19.0 Å². The second-order valence-electron chi connectivity index (χ2n) is 8.74. The number of nitro groups is 1. The number of hydrogen-bond acceptors (Lipinski definition) is 5. The summed E-state index contributed by atoms with van der Waals surface area (Å²) in [6.45, 7) is 2.11. The molecule has 1 heterocycles. The van der Waals surface area contributed by atoms with Crippen molar-refractivity contribution >= 4 is 32.7 Å². The van der Waals surface area contributed by atoms with Gasteiger partial charge in [-0.1, -0.05) is 48.0 Å². The highest BCUT2D eigenvalue weighted by molar-refractivity contribution is 7.92. The van der Waals surface area contributed by atoms with Crippen molar-refractivity contribution in [3.8, 4) is 0 Å². The van der Waals surface area contributed by atoms with Crippen LogP contribution in [0.3, 0.4) is 0 Å². The molecule has 1 atom stereocenters. The van der Waals surface area contributed by atoms with E-state index in [4.69, 9.17) is 0 Å². The molecular weight excluding hydrogens is 523 g/mol. The van der Waals surface area contributed by atoms with E-state index in [0.29, 0.717) is 5.56 Å². The number of aromatic nitrogens is 1. The highest BCUT2D eigenvalue weighted by atomic mass is 32.2. The first kappa shape index (κ1) is 26.9. The Morgan fingerprint density at radius 1 is 1.05 bits per heavy atom. The van der Waals surface area contributed by atoms with E-state index >= 15 is 0 Å². The van der Waals surface area contributed by atoms with Gasteiger partial charge in [0, 0.05) is 22.8 Å². The van der Waals surface area contributed by atoms with Crippen LogP contribution in [0.2, 0.25) is 0 Å². The van der Waals surface area contributed by atoms with Crippen LogP contribution in [-0.2, 0) is 16.2 Å². The fraction of sp³-hybridized carbons (Fsp3) is 0.192. The molecule has 0 saturated carbocycles. The molecule has 0 aliphatic rings. The molecule has 8 nitrogen and oxygen atoms in total. The molecule has 1 aromatic heterocycles. The lowest BCUT2D eigenvalue weighted by Gasteiger charge is -2.18. The smallest absolute Gasteiger partial charge is 0.274 e. The van der Waals surface area contributed by atoms with Crippen molar-refractivity contribution in [2.24, 2.45) is 0 Å². The molecular formula is C26H22F3N3O5S. The van der Waals surface area contributed by atoms with Crippen molar-refractivity contribution in [1.29, 1.82) is 0 Å². The highest BCUT2D eigenvalue weighted by Crippen LogP contribution is 2.42. The largest absolute Gasteiger partial charge is 0.416 e. The number of nitrogens with zero attached hydrogens (tertiary/aromatic N) is 2. The van der Waals surface area contributed by atoms with Crippen LogP contribution in [0.5, 0.6) is 0 Å². The van der Waals surface area contributed by atoms with E-state index in [1.54, 1.807) is 49.4 Å². The first-order chi connectivity index (χ1) is 17.8. The Bertz CT molecular complexity index is 1630. The summed E-state index contributed by atoms with van der Waals surface area (Å²) in [6, 6.07) is 16.4. The van der Waals surface area contributed by atoms with Crippen LogP contribution >= 0.6 is 0 Å². The molecule has 0 amide bonds. The zero-order chi connectivity index (χ0) is 27.8. The number of halogens is 3. The summed E-state index contributed by atoms with van der Waals surface area (Å²) in [5.74, 6) is -2.24. The molecule has 12 heteroatoms. The Morgan fingerprint density at radius 2 is 1.68 bits per heavy atom. The summed E-state index contributed by atoms with van der Waals surface area (Å²) in [7, 11) is -4.35. The van der Waals surface area contributed by atoms with Gasteiger partial charge in [-0.2, -0.15) is 13.2 Å². The number of nitrogens with one attached hydrogen (secondary N) is 1. The van der Waals surface area contributed by atoms with E-state index in [1.807, 2.05) is 0 Å². The third-order valence-electron chi connectivity index (χ3n) is 6.09. The van der Waals surface area contributed by atoms with Gasteiger partial charge < -0.3 is 0 Å². The van der Waals surface area contributed by atoms with E-state index in [9.17, 15) is 36.5 Å². The van der Waals surface area contributed by atoms with Gasteiger partial charge in [0.1, 0.15) is 5.82 Å². The van der Waals surface area contributed by atoms with E-state index in [2.05, 4.69) is 4.72 Å². The summed E-state index contributed by atoms with van der Waals surface area (Å²) in [6.07, 6.45) is -4.75. The molecule has 198 valence electrons. The van der Waals surface area contributed by atoms with Gasteiger partial charge in [-0.15, -0.1) is 0 Å². The first-order valence-electron chi connectivity index (χ1n) is 11.3. The van der Waals surface area contributed by atoms with Crippen LogP contribution < -0.4 is 4.72 Å². The van der Waals surface area contributed by atoms with Crippen LogP contribution in [-0.4, -0.2) is 30.4 Å². The third-order valence-corrected chi connectivity index (χ3v) is 7.45. The lowest BCUT2D eigenvalue weighted by molar-refractivity contribution is -0.481. The van der Waals surface area contributed by atoms with Crippen LogP contribution in [0, 0.1) is 17.0 Å². The van der Waals surface area contributed by atoms with Gasteiger partial charge in [-0.05, 0) is 42.8 Å². The molecule has 38 heavy (non-hydrogen) atoms. The minimum atomic E-state index is -4.75. The number of aryl methyl sites for hydroxylation is 1. The Labute approximate surface area is 215 Å². The quantitative estimate of drug-likeness (QED) is 0.232. The van der Waals surface area contributed by atoms with E-state index in [-0.39, 0.29) is 27.2 Å². The summed E-state index contributed by atoms with van der Waals surface area (Å²) >= 11 is 0. The maximum atomic E-state index is 13.7. The molecule has 4 rings (SSSR count). The molecule has 4 aromatic rings. The summed E-state index contributed by atoms with van der Waals surface area (Å²) in [5, 5.41) is 11.6. The van der Waals surface area contributed by atoms with Gasteiger partial charge in [0.25, 0.3) is 10.0 Å². The number of carbonyl (C=O) groups excluding carboxylic acids is 1. The predicted octanol–water partition coefficient (Wildman–Crippen LogP) is 5.84. The average Bonchev–Trinajstić information content (AvgIpc) is 3.15. The number of rotatable bonds is 7. The van der Waals surface area contributed by atoms with Crippen molar-refractivity contribution < 1.29 is 31.3 Å². The van der Waals surface area contributed by atoms with Gasteiger partial charge >= 0.3 is 6.18 Å². The van der Waals surface area contributed by atoms with Gasteiger partial charge in [0.15, 0.2) is 0 Å². The summed E-state index contributed by atoms with van der Waals surface area (Å²) in [5.41, 5.74) is -0.0311. The maximum absolute atomic E-state index is 13.7. The maximum Gasteiger partial charge on any atom is 0.416 e. The molecule has 0 fully saturated rings. The van der Waals surface area contributed by atoms with Gasteiger partial charge in [0.2, 0.25) is 12.5 Å². The third kappa shape index (κ3) is 5.25. The molecule has 0 aliphatic heterocycles. The number of alkyl halides is 3. The Morgan fingerprint density at radius 3 is 2.24 bits per heavy atom. The molecule has 3 aromatic carbocycles. The lowest BCUT2D eigenvalue weighted by Crippen LogP contribution is -2.21. The Balaban J connectivity index is 2.09. The van der Waals surface area contributed by atoms with Crippen LogP contribution in [0.15, 0.2) is 77.7 Å². The molecule has 1 unspecified atom stereocenters. The van der Waals surface area contributed by atoms with Crippen molar-refractivity contribution in [3.63, 3.8) is 0 Å². The lowest BCUT2D eigenvalue weighted by atomic mass is 9.90. The fourth-order valence-corrected chi connectivity index (χ4v) is 5.44. The van der Waals surface area contributed by atoms with Crippen molar-refractivity contribution in [3.05, 3.63) is 105 Å². The summed E-state index contributed by atoms with van der Waals surface area (Å²) in [4.78, 5) is 23.7. The Kier molecular flexibility index (Phi) is 7.02. The number of benzene rings is 3. The molecule has 0 saturated heterocycles. The second-order valence-corrected chi connectivity index (χ2v) is 10.4. The SMILES string of the molecule is CC(=O)n1c(NS(=O)(=O)c2ccc(C)cc2)c(C(C[N+](=O)[O-])c2ccccc2)c2cc(C(F)(F)F)ccc21. The average molecular weight is 546 g/mol. The topological polar surface area (TPSA) is 111 Å². The number of sulfonamides is 1. The number of anilines is 1. The van der Waals surface area contributed by atoms with E-state index < -0.39 is 45.1 Å². The molecule has 0 bridgehead atoms. The number of fused-ring (bicyclic) bond motifs is 1. The van der Waals surface area contributed by atoms with Crippen molar-refractivity contribution in [1.82, 2.24) is 4.57 Å². The molecule has 0 spiro atoms. The highest BCUT2D eigenvalue weighted by Gasteiger charge is 2.35. The number of hydrogen-bond donors (Lipinski definition) is 1. The molecule has 1 N–H and O–H groups in total. The van der Waals surface area contributed by atoms with E-state index in [1.165, 1.54) is 12.1 Å². The minimum absolute atomic E-state index is 0.0219. The van der Waals surface area contributed by atoms with Crippen LogP contribution in [0.1, 0.15) is 39.9 Å². The normalized spacial score (nSPS) is 12.9. The predicted molar refractivity (Wildman–Crippen MR) is 135 cm³/mol. The standard InChI is InChI=1S/C26H22F3N3O5S/c1-16-8-11-20(12-9-16)38(36,37)30-25-24(22(15-31(34)35)18-6-4-3-5-7-18)21-14-19(26(27,28)29)10-13-23(21)32(25)17(2)33/h3-14,22,30H,15H2,1-2H3. The number of carbonyl (C=O) groups is 1. The zero-order valence-electron chi connectivity index (χ0n) is 20.2. The zero-order valence-corrected chi connectivity index (χ0v) is 21.0. The second kappa shape index (κ2) is 9.93.